The molecule has 2 heterocycles. The number of benzene rings is 1. The van der Waals surface area contributed by atoms with Crippen LogP contribution in [-0.2, 0) is 0 Å². The average molecular weight is 320 g/mol. The fourth-order valence-corrected chi connectivity index (χ4v) is 3.23. The molecule has 5 heteroatoms. The Balaban J connectivity index is 0.00000161. The molecule has 110 valence electrons. The second kappa shape index (κ2) is 6.00. The molecular weight excluding hydrogens is 302 g/mol. The fourth-order valence-electron chi connectivity index (χ4n) is 2.23. The van der Waals surface area contributed by atoms with Crippen LogP contribution in [0.25, 0.3) is 10.2 Å². The first-order chi connectivity index (χ1) is 9.56. The fraction of sp³-hybridized carbons (Fsp3) is 0.250. The quantitative estimate of drug-likeness (QED) is 0.715. The Morgan fingerprint density at radius 2 is 1.76 bits per heavy atom. The summed E-state index contributed by atoms with van der Waals surface area (Å²) in [5, 5.41) is 4.56. The Morgan fingerprint density at radius 3 is 2.48 bits per heavy atom. The van der Waals surface area contributed by atoms with Crippen LogP contribution in [0.4, 0.5) is 11.5 Å². The zero-order valence-electron chi connectivity index (χ0n) is 12.5. The van der Waals surface area contributed by atoms with Crippen LogP contribution >= 0.6 is 23.7 Å². The van der Waals surface area contributed by atoms with Gasteiger partial charge >= 0.3 is 0 Å². The molecule has 0 fully saturated rings. The van der Waals surface area contributed by atoms with Gasteiger partial charge in [0.05, 0.1) is 5.39 Å². The Hall–Kier alpha value is -1.65. The van der Waals surface area contributed by atoms with Gasteiger partial charge in [0, 0.05) is 10.6 Å². The number of nitrogens with zero attached hydrogens (tertiary/aromatic N) is 2. The predicted octanol–water partition coefficient (Wildman–Crippen LogP) is 5.09. The van der Waals surface area contributed by atoms with E-state index < -0.39 is 0 Å². The molecule has 0 aliphatic rings. The highest BCUT2D eigenvalue weighted by Gasteiger charge is 2.12. The summed E-state index contributed by atoms with van der Waals surface area (Å²) in [6.45, 7) is 8.50. The van der Waals surface area contributed by atoms with Gasteiger partial charge in [-0.15, -0.1) is 23.7 Å². The van der Waals surface area contributed by atoms with Crippen molar-refractivity contribution in [3.05, 3.63) is 46.1 Å². The van der Waals surface area contributed by atoms with E-state index >= 15 is 0 Å². The molecule has 3 aromatic rings. The number of rotatable bonds is 2. The smallest absolute Gasteiger partial charge is 0.142 e. The number of hydrogen-bond donors (Lipinski definition) is 1. The van der Waals surface area contributed by atoms with Crippen molar-refractivity contribution in [3.8, 4) is 0 Å². The molecule has 0 saturated carbocycles. The lowest BCUT2D eigenvalue weighted by atomic mass is 10.1. The first kappa shape index (κ1) is 15.7. The van der Waals surface area contributed by atoms with Crippen LogP contribution in [0.15, 0.2) is 24.5 Å². The first-order valence-corrected chi connectivity index (χ1v) is 7.43. The monoisotopic (exact) mass is 319 g/mol. The minimum absolute atomic E-state index is 0. The normalized spacial score (nSPS) is 10.5. The minimum Gasteiger partial charge on any atom is -0.340 e. The van der Waals surface area contributed by atoms with E-state index in [-0.39, 0.29) is 12.4 Å². The van der Waals surface area contributed by atoms with Crippen LogP contribution in [0.2, 0.25) is 0 Å². The highest BCUT2D eigenvalue weighted by atomic mass is 35.5. The molecule has 0 spiro atoms. The summed E-state index contributed by atoms with van der Waals surface area (Å²) in [5.41, 5.74) is 4.90. The van der Waals surface area contributed by atoms with E-state index in [0.717, 1.165) is 21.7 Å². The predicted molar refractivity (Wildman–Crippen MR) is 93.3 cm³/mol. The van der Waals surface area contributed by atoms with E-state index in [1.807, 2.05) is 0 Å². The van der Waals surface area contributed by atoms with Crippen LogP contribution in [0.1, 0.15) is 21.6 Å². The van der Waals surface area contributed by atoms with Gasteiger partial charge in [-0.3, -0.25) is 0 Å². The van der Waals surface area contributed by atoms with E-state index in [2.05, 4.69) is 61.2 Å². The third-order valence-electron chi connectivity index (χ3n) is 3.74. The third-order valence-corrected chi connectivity index (χ3v) is 4.85. The molecule has 21 heavy (non-hydrogen) atoms. The molecule has 3 rings (SSSR count). The van der Waals surface area contributed by atoms with E-state index in [4.69, 9.17) is 0 Å². The van der Waals surface area contributed by atoms with Gasteiger partial charge in [0.2, 0.25) is 0 Å². The van der Waals surface area contributed by atoms with Crippen molar-refractivity contribution in [2.24, 2.45) is 0 Å². The number of thiophene rings is 1. The molecule has 2 aromatic heterocycles. The molecule has 0 aliphatic carbocycles. The van der Waals surface area contributed by atoms with Crippen LogP contribution in [0.5, 0.6) is 0 Å². The van der Waals surface area contributed by atoms with Crippen LogP contribution < -0.4 is 5.32 Å². The van der Waals surface area contributed by atoms with Gasteiger partial charge in [-0.25, -0.2) is 9.97 Å². The molecule has 0 radical (unpaired) electrons. The molecule has 1 N–H and O–H groups in total. The standard InChI is InChI=1S/C16H17N3S.ClH/c1-9-5-6-13(7-10(9)2)19-15-14-11(3)12(4)20-16(14)18-8-17-15;/h5-8H,1-4H3,(H,17,18,19);1H. The lowest BCUT2D eigenvalue weighted by Crippen LogP contribution is -1.96. The minimum atomic E-state index is 0. The maximum Gasteiger partial charge on any atom is 0.142 e. The van der Waals surface area contributed by atoms with Crippen molar-refractivity contribution < 1.29 is 0 Å². The third kappa shape index (κ3) is 2.87. The number of fused-ring (bicyclic) bond motifs is 1. The molecule has 0 amide bonds. The molecular formula is C16H18ClN3S. The number of aromatic nitrogens is 2. The second-order valence-electron chi connectivity index (χ2n) is 5.11. The van der Waals surface area contributed by atoms with Crippen LogP contribution in [-0.4, -0.2) is 9.97 Å². The number of aryl methyl sites for hydroxylation is 4. The summed E-state index contributed by atoms with van der Waals surface area (Å²) in [6.07, 6.45) is 1.63. The molecule has 0 bridgehead atoms. The van der Waals surface area contributed by atoms with Crippen molar-refractivity contribution in [1.29, 1.82) is 0 Å². The van der Waals surface area contributed by atoms with Gasteiger partial charge in [-0.1, -0.05) is 6.07 Å². The van der Waals surface area contributed by atoms with Crippen molar-refractivity contribution in [3.63, 3.8) is 0 Å². The Labute approximate surface area is 134 Å². The molecule has 0 saturated heterocycles. The van der Waals surface area contributed by atoms with E-state index in [0.29, 0.717) is 0 Å². The second-order valence-corrected chi connectivity index (χ2v) is 6.31. The largest absolute Gasteiger partial charge is 0.340 e. The summed E-state index contributed by atoms with van der Waals surface area (Å²) in [6, 6.07) is 6.37. The van der Waals surface area contributed by atoms with Crippen molar-refractivity contribution in [1.82, 2.24) is 9.97 Å². The maximum absolute atomic E-state index is 4.41. The summed E-state index contributed by atoms with van der Waals surface area (Å²) >= 11 is 1.72. The van der Waals surface area contributed by atoms with Gasteiger partial charge in [0.25, 0.3) is 0 Å². The van der Waals surface area contributed by atoms with Crippen molar-refractivity contribution >= 4 is 45.5 Å². The summed E-state index contributed by atoms with van der Waals surface area (Å²) in [5.74, 6) is 0.889. The zero-order valence-corrected chi connectivity index (χ0v) is 14.2. The summed E-state index contributed by atoms with van der Waals surface area (Å²) in [4.78, 5) is 11.1. The Bertz CT molecular complexity index is 796. The molecule has 0 unspecified atom stereocenters. The topological polar surface area (TPSA) is 37.8 Å². The van der Waals surface area contributed by atoms with Gasteiger partial charge < -0.3 is 5.32 Å². The van der Waals surface area contributed by atoms with Gasteiger partial charge in [-0.2, -0.15) is 0 Å². The average Bonchev–Trinajstić information content (AvgIpc) is 2.71. The molecule has 3 nitrogen and oxygen atoms in total. The Kier molecular flexibility index (Phi) is 4.49. The summed E-state index contributed by atoms with van der Waals surface area (Å²) in [7, 11) is 0. The van der Waals surface area contributed by atoms with Gasteiger partial charge in [-0.05, 0) is 56.5 Å². The van der Waals surface area contributed by atoms with Crippen LogP contribution in [0, 0.1) is 27.7 Å². The van der Waals surface area contributed by atoms with Gasteiger partial charge in [0.15, 0.2) is 0 Å². The van der Waals surface area contributed by atoms with Crippen molar-refractivity contribution in [2.75, 3.05) is 5.32 Å². The van der Waals surface area contributed by atoms with E-state index in [1.54, 1.807) is 17.7 Å². The van der Waals surface area contributed by atoms with Crippen LogP contribution in [0.3, 0.4) is 0 Å². The SMILES string of the molecule is Cc1ccc(Nc2ncnc3sc(C)c(C)c23)cc1C.Cl. The Morgan fingerprint density at radius 1 is 1.00 bits per heavy atom. The van der Waals surface area contributed by atoms with Crippen molar-refractivity contribution in [2.45, 2.75) is 27.7 Å². The number of anilines is 2. The number of nitrogens with one attached hydrogen (secondary N) is 1. The van der Waals surface area contributed by atoms with Gasteiger partial charge in [0.1, 0.15) is 17.0 Å². The molecule has 0 atom stereocenters. The van der Waals surface area contributed by atoms with E-state index in [1.165, 1.54) is 21.6 Å². The first-order valence-electron chi connectivity index (χ1n) is 6.61. The zero-order chi connectivity index (χ0) is 14.3. The number of hydrogen-bond acceptors (Lipinski definition) is 4. The summed E-state index contributed by atoms with van der Waals surface area (Å²) < 4.78 is 0. The molecule has 0 aliphatic heterocycles. The highest BCUT2D eigenvalue weighted by molar-refractivity contribution is 7.18. The van der Waals surface area contributed by atoms with E-state index in [9.17, 15) is 0 Å². The lowest BCUT2D eigenvalue weighted by molar-refractivity contribution is 1.22. The highest BCUT2D eigenvalue weighted by Crippen LogP contribution is 2.33. The lowest BCUT2D eigenvalue weighted by Gasteiger charge is -2.09. The number of halogens is 1. The maximum atomic E-state index is 4.41. The molecule has 1 aromatic carbocycles.